The van der Waals surface area contributed by atoms with Crippen LogP contribution < -0.4 is 0 Å². The Hall–Kier alpha value is -1.82. The predicted octanol–water partition coefficient (Wildman–Crippen LogP) is 5.65. The molecule has 0 saturated heterocycles. The molecule has 0 nitrogen and oxygen atoms in total. The number of hydrogen-bond acceptors (Lipinski definition) is 0. The molecule has 1 unspecified atom stereocenters. The molecule has 0 bridgehead atoms. The van der Waals surface area contributed by atoms with Crippen LogP contribution in [-0.4, -0.2) is 0 Å². The summed E-state index contributed by atoms with van der Waals surface area (Å²) in [5.41, 5.74) is 7.29. The summed E-state index contributed by atoms with van der Waals surface area (Å²) in [5.74, 6) is 0.629. The monoisotopic (exact) mass is 276 g/mol. The molecule has 3 rings (SSSR count). The zero-order valence-electron chi connectivity index (χ0n) is 13.1. The zero-order chi connectivity index (χ0) is 14.7. The molecule has 0 aromatic heterocycles. The summed E-state index contributed by atoms with van der Waals surface area (Å²) in [6, 6.07) is 17.9. The number of hydrogen-bond donors (Lipinski definition) is 0. The lowest BCUT2D eigenvalue weighted by molar-refractivity contribution is 0.635. The van der Waals surface area contributed by atoms with Crippen molar-refractivity contribution in [1.29, 1.82) is 0 Å². The van der Waals surface area contributed by atoms with Crippen molar-refractivity contribution in [2.75, 3.05) is 0 Å². The Morgan fingerprint density at radius 3 is 1.95 bits per heavy atom. The van der Waals surface area contributed by atoms with Crippen molar-refractivity contribution in [2.45, 2.75) is 39.5 Å². The Morgan fingerprint density at radius 2 is 1.43 bits per heavy atom. The minimum absolute atomic E-state index is 0.629. The Kier molecular flexibility index (Phi) is 4.24. The fraction of sp³-hybridized carbons (Fsp3) is 0.333. The van der Waals surface area contributed by atoms with E-state index in [0.717, 1.165) is 12.8 Å². The normalized spacial score (nSPS) is 14.9. The molecule has 21 heavy (non-hydrogen) atoms. The molecule has 1 aliphatic carbocycles. The summed E-state index contributed by atoms with van der Waals surface area (Å²) in [6.45, 7) is 4.61. The van der Waals surface area contributed by atoms with Crippen molar-refractivity contribution >= 4 is 5.57 Å². The van der Waals surface area contributed by atoms with Gasteiger partial charge in [-0.3, -0.25) is 0 Å². The summed E-state index contributed by atoms with van der Waals surface area (Å²) in [4.78, 5) is 0. The standard InChI is InChI=1S/C21H24/c1-3-8-16(2)15-21-19-11-6-4-9-17(19)13-14-18-10-5-7-12-20(18)21/h4-7,9-12,15-16H,3,8,13-14H2,1-2H3. The predicted molar refractivity (Wildman–Crippen MR) is 91.4 cm³/mol. The van der Waals surface area contributed by atoms with Gasteiger partial charge in [0.25, 0.3) is 0 Å². The number of rotatable bonds is 3. The molecule has 0 radical (unpaired) electrons. The molecular weight excluding hydrogens is 252 g/mol. The van der Waals surface area contributed by atoms with Crippen LogP contribution >= 0.6 is 0 Å². The lowest BCUT2D eigenvalue weighted by Gasteiger charge is -2.14. The smallest absolute Gasteiger partial charge is 0.0143 e. The van der Waals surface area contributed by atoms with Crippen LogP contribution in [0, 0.1) is 5.92 Å². The quantitative estimate of drug-likeness (QED) is 0.679. The van der Waals surface area contributed by atoms with E-state index in [9.17, 15) is 0 Å². The fourth-order valence-electron chi connectivity index (χ4n) is 3.42. The van der Waals surface area contributed by atoms with Gasteiger partial charge in [-0.15, -0.1) is 0 Å². The summed E-state index contributed by atoms with van der Waals surface area (Å²) < 4.78 is 0. The van der Waals surface area contributed by atoms with E-state index >= 15 is 0 Å². The van der Waals surface area contributed by atoms with Crippen LogP contribution in [0.3, 0.4) is 0 Å². The molecule has 0 amide bonds. The van der Waals surface area contributed by atoms with Gasteiger partial charge in [0.1, 0.15) is 0 Å². The summed E-state index contributed by atoms with van der Waals surface area (Å²) >= 11 is 0. The molecule has 2 aromatic carbocycles. The van der Waals surface area contributed by atoms with E-state index in [-0.39, 0.29) is 0 Å². The topological polar surface area (TPSA) is 0 Å². The third-order valence-corrected chi connectivity index (χ3v) is 4.47. The Morgan fingerprint density at radius 1 is 0.905 bits per heavy atom. The van der Waals surface area contributed by atoms with Crippen LogP contribution in [0.1, 0.15) is 48.9 Å². The molecule has 0 N–H and O–H groups in total. The first-order chi connectivity index (χ1) is 10.3. The molecule has 0 spiro atoms. The van der Waals surface area contributed by atoms with Gasteiger partial charge >= 0.3 is 0 Å². The SMILES string of the molecule is CCCC(C)C=C1c2ccccc2CCc2ccccc21. The Labute approximate surface area is 128 Å². The second-order valence-electron chi connectivity index (χ2n) is 6.16. The average Bonchev–Trinajstić information content (AvgIpc) is 2.66. The highest BCUT2D eigenvalue weighted by molar-refractivity contribution is 5.84. The molecule has 0 saturated carbocycles. The van der Waals surface area contributed by atoms with Crippen molar-refractivity contribution in [3.63, 3.8) is 0 Å². The van der Waals surface area contributed by atoms with E-state index in [0.29, 0.717) is 5.92 Å². The van der Waals surface area contributed by atoms with Crippen LogP contribution in [0.2, 0.25) is 0 Å². The molecule has 1 aliphatic rings. The van der Waals surface area contributed by atoms with Crippen molar-refractivity contribution in [3.8, 4) is 0 Å². The number of benzene rings is 2. The fourth-order valence-corrected chi connectivity index (χ4v) is 3.42. The maximum atomic E-state index is 2.49. The largest absolute Gasteiger partial charge is 0.0732 e. The molecule has 1 atom stereocenters. The summed E-state index contributed by atoms with van der Waals surface area (Å²) in [7, 11) is 0. The molecular formula is C21H24. The second-order valence-corrected chi connectivity index (χ2v) is 6.16. The van der Waals surface area contributed by atoms with Crippen molar-refractivity contribution in [2.24, 2.45) is 5.92 Å². The lowest BCUT2D eigenvalue weighted by Crippen LogP contribution is -1.96. The number of fused-ring (bicyclic) bond motifs is 2. The van der Waals surface area contributed by atoms with Gasteiger partial charge in [-0.2, -0.15) is 0 Å². The zero-order valence-corrected chi connectivity index (χ0v) is 13.1. The first kappa shape index (κ1) is 14.1. The number of aryl methyl sites for hydroxylation is 2. The van der Waals surface area contributed by atoms with Crippen LogP contribution in [-0.2, 0) is 12.8 Å². The van der Waals surface area contributed by atoms with Crippen molar-refractivity contribution < 1.29 is 0 Å². The van der Waals surface area contributed by atoms with Gasteiger partial charge < -0.3 is 0 Å². The molecule has 108 valence electrons. The maximum Gasteiger partial charge on any atom is -0.0143 e. The van der Waals surface area contributed by atoms with Gasteiger partial charge in [-0.25, -0.2) is 0 Å². The van der Waals surface area contributed by atoms with Crippen LogP contribution in [0.15, 0.2) is 54.6 Å². The van der Waals surface area contributed by atoms with Crippen LogP contribution in [0.4, 0.5) is 0 Å². The van der Waals surface area contributed by atoms with Gasteiger partial charge in [-0.1, -0.05) is 74.9 Å². The maximum absolute atomic E-state index is 2.49. The van der Waals surface area contributed by atoms with Gasteiger partial charge in [0.15, 0.2) is 0 Å². The minimum Gasteiger partial charge on any atom is -0.0732 e. The molecule has 0 fully saturated rings. The van der Waals surface area contributed by atoms with Crippen LogP contribution in [0.25, 0.3) is 5.57 Å². The molecule has 0 heteroatoms. The third-order valence-electron chi connectivity index (χ3n) is 4.47. The number of allylic oxidation sites excluding steroid dienone is 1. The Bertz CT molecular complexity index is 599. The van der Waals surface area contributed by atoms with E-state index in [1.54, 1.807) is 0 Å². The highest BCUT2D eigenvalue weighted by atomic mass is 14.2. The highest BCUT2D eigenvalue weighted by Crippen LogP contribution is 2.34. The van der Waals surface area contributed by atoms with Crippen molar-refractivity contribution in [3.05, 3.63) is 76.9 Å². The lowest BCUT2D eigenvalue weighted by atomic mass is 9.90. The van der Waals surface area contributed by atoms with Gasteiger partial charge in [0.2, 0.25) is 0 Å². The molecule has 0 heterocycles. The van der Waals surface area contributed by atoms with Gasteiger partial charge in [0.05, 0.1) is 0 Å². The second kappa shape index (κ2) is 6.30. The van der Waals surface area contributed by atoms with E-state index < -0.39 is 0 Å². The van der Waals surface area contributed by atoms with E-state index in [1.165, 1.54) is 40.7 Å². The molecule has 2 aromatic rings. The molecule has 0 aliphatic heterocycles. The highest BCUT2D eigenvalue weighted by Gasteiger charge is 2.17. The Balaban J connectivity index is 2.15. The third kappa shape index (κ3) is 2.95. The van der Waals surface area contributed by atoms with Crippen LogP contribution in [0.5, 0.6) is 0 Å². The summed E-state index contributed by atoms with van der Waals surface area (Å²) in [6.07, 6.45) is 7.29. The first-order valence-corrected chi connectivity index (χ1v) is 8.18. The van der Waals surface area contributed by atoms with E-state index in [2.05, 4.69) is 68.5 Å². The summed E-state index contributed by atoms with van der Waals surface area (Å²) in [5, 5.41) is 0. The van der Waals surface area contributed by atoms with Gasteiger partial charge in [-0.05, 0) is 53.0 Å². The van der Waals surface area contributed by atoms with E-state index in [4.69, 9.17) is 0 Å². The first-order valence-electron chi connectivity index (χ1n) is 8.18. The van der Waals surface area contributed by atoms with E-state index in [1.807, 2.05) is 0 Å². The van der Waals surface area contributed by atoms with Crippen molar-refractivity contribution in [1.82, 2.24) is 0 Å². The average molecular weight is 276 g/mol. The minimum atomic E-state index is 0.629. The van der Waals surface area contributed by atoms with Gasteiger partial charge in [0, 0.05) is 0 Å².